The third-order valence-electron chi connectivity index (χ3n) is 11.7. The van der Waals surface area contributed by atoms with E-state index in [4.69, 9.17) is 23.1 Å². The Morgan fingerprint density at radius 1 is 0.895 bits per heavy atom. The summed E-state index contributed by atoms with van der Waals surface area (Å²) < 4.78 is 82.6. The maximum atomic E-state index is 13.7. The molecule has 2 fully saturated rings. The molecule has 0 amide bonds. The lowest BCUT2D eigenvalue weighted by Gasteiger charge is -2.26. The van der Waals surface area contributed by atoms with Crippen LogP contribution in [0.3, 0.4) is 0 Å². The van der Waals surface area contributed by atoms with Crippen molar-refractivity contribution in [1.29, 1.82) is 0 Å². The van der Waals surface area contributed by atoms with E-state index in [1.807, 2.05) is 53.7 Å². The molecule has 10 atom stereocenters. The van der Waals surface area contributed by atoms with Crippen LogP contribution in [0, 0.1) is 23.7 Å². The van der Waals surface area contributed by atoms with Gasteiger partial charge in [0.15, 0.2) is 16.1 Å². The quantitative estimate of drug-likeness (QED) is 0.0547. The standard InChI is InChI=1S/C45H76O10S2/c1-13-31(7)25-43-35(11)40(28-57(49,50)39-19-15-36(14-2)16-20-39)44(54-43)27-41(46)33(9)23-32(8)24-38(55-56(12,47)48)17-21-42-34(10)26-37(53-42)18-22-45(51-29(3)4)52-30(5)6/h15-16,19-20,29-32,35,37-38,40-46H,9-10,13-14,17-18,21-28H2,1-8,11-12H3/t31-,32+,35-,37+,38-,40-,41-,42+,43-,44+/m1/s1. The fourth-order valence-electron chi connectivity index (χ4n) is 8.30. The number of aliphatic hydroxyl groups is 1. The fourth-order valence-corrected chi connectivity index (χ4v) is 10.7. The molecule has 2 aliphatic rings. The van der Waals surface area contributed by atoms with Gasteiger partial charge in [-0.15, -0.1) is 0 Å². The molecular weight excluding hydrogens is 765 g/mol. The summed E-state index contributed by atoms with van der Waals surface area (Å²) in [5.74, 6) is 0.00936. The van der Waals surface area contributed by atoms with Crippen LogP contribution in [0.15, 0.2) is 53.5 Å². The van der Waals surface area contributed by atoms with E-state index < -0.39 is 38.3 Å². The highest BCUT2D eigenvalue weighted by Gasteiger charge is 2.45. The molecule has 2 saturated heterocycles. The zero-order chi connectivity index (χ0) is 42.7. The highest BCUT2D eigenvalue weighted by Crippen LogP contribution is 2.41. The maximum absolute atomic E-state index is 13.7. The topological polar surface area (TPSA) is 135 Å². The van der Waals surface area contributed by atoms with Gasteiger partial charge in [-0.2, -0.15) is 8.42 Å². The van der Waals surface area contributed by atoms with Gasteiger partial charge in [0.05, 0.1) is 65.7 Å². The van der Waals surface area contributed by atoms with Gasteiger partial charge in [0.25, 0.3) is 10.1 Å². The molecule has 2 aliphatic heterocycles. The molecule has 1 N–H and O–H groups in total. The molecule has 328 valence electrons. The molecule has 0 radical (unpaired) electrons. The largest absolute Gasteiger partial charge is 0.389 e. The van der Waals surface area contributed by atoms with Crippen LogP contribution in [0.1, 0.15) is 132 Å². The summed E-state index contributed by atoms with van der Waals surface area (Å²) in [6.07, 6.45) is 5.57. The molecule has 12 heteroatoms. The van der Waals surface area contributed by atoms with Gasteiger partial charge in [0.1, 0.15) is 0 Å². The second-order valence-corrected chi connectivity index (χ2v) is 21.3. The number of ether oxygens (including phenoxy) is 4. The highest BCUT2D eigenvalue weighted by molar-refractivity contribution is 7.91. The number of benzene rings is 1. The Morgan fingerprint density at radius 2 is 1.53 bits per heavy atom. The summed E-state index contributed by atoms with van der Waals surface area (Å²) in [6, 6.07) is 7.12. The number of hydrogen-bond donors (Lipinski definition) is 1. The third-order valence-corrected chi connectivity index (χ3v) is 14.1. The van der Waals surface area contributed by atoms with E-state index in [0.29, 0.717) is 48.5 Å². The van der Waals surface area contributed by atoms with Crippen molar-refractivity contribution in [3.05, 3.63) is 54.1 Å². The average molecular weight is 841 g/mol. The van der Waals surface area contributed by atoms with Crippen LogP contribution in [0.5, 0.6) is 0 Å². The first kappa shape index (κ1) is 49.7. The van der Waals surface area contributed by atoms with Gasteiger partial charge in [0, 0.05) is 18.8 Å². The van der Waals surface area contributed by atoms with Gasteiger partial charge in [-0.1, -0.05) is 66.3 Å². The minimum atomic E-state index is -3.73. The molecule has 10 nitrogen and oxygen atoms in total. The number of rotatable bonds is 26. The zero-order valence-electron chi connectivity index (χ0n) is 36.7. The normalized spacial score (nSPS) is 25.4. The van der Waals surface area contributed by atoms with Crippen LogP contribution < -0.4 is 0 Å². The van der Waals surface area contributed by atoms with Gasteiger partial charge in [0.2, 0.25) is 0 Å². The minimum absolute atomic E-state index is 0.00751. The smallest absolute Gasteiger partial charge is 0.264 e. The van der Waals surface area contributed by atoms with Crippen molar-refractivity contribution in [3.63, 3.8) is 0 Å². The lowest BCUT2D eigenvalue weighted by atomic mass is 9.83. The van der Waals surface area contributed by atoms with Gasteiger partial charge < -0.3 is 24.1 Å². The third kappa shape index (κ3) is 16.7. The minimum Gasteiger partial charge on any atom is -0.389 e. The maximum Gasteiger partial charge on any atom is 0.264 e. The van der Waals surface area contributed by atoms with Crippen molar-refractivity contribution < 1.29 is 45.1 Å². The Morgan fingerprint density at radius 3 is 2.09 bits per heavy atom. The van der Waals surface area contributed by atoms with Crippen molar-refractivity contribution in [3.8, 4) is 0 Å². The predicted octanol–water partition coefficient (Wildman–Crippen LogP) is 9.00. The van der Waals surface area contributed by atoms with Crippen molar-refractivity contribution in [1.82, 2.24) is 0 Å². The summed E-state index contributed by atoms with van der Waals surface area (Å²) in [5, 5.41) is 11.5. The van der Waals surface area contributed by atoms with E-state index in [0.717, 1.165) is 49.5 Å². The summed E-state index contributed by atoms with van der Waals surface area (Å²) in [6.45, 7) is 26.9. The highest BCUT2D eigenvalue weighted by atomic mass is 32.2. The summed E-state index contributed by atoms with van der Waals surface area (Å²) >= 11 is 0. The van der Waals surface area contributed by atoms with Gasteiger partial charge >= 0.3 is 0 Å². The first-order valence-corrected chi connectivity index (χ1v) is 24.9. The Kier molecular flexibility index (Phi) is 19.9. The average Bonchev–Trinajstić information content (AvgIpc) is 3.61. The van der Waals surface area contributed by atoms with Gasteiger partial charge in [-0.25, -0.2) is 8.42 Å². The number of aliphatic hydroxyl groups excluding tert-OH is 1. The molecular formula is C45H76O10S2. The Hall–Kier alpha value is -1.64. The zero-order valence-corrected chi connectivity index (χ0v) is 38.3. The summed E-state index contributed by atoms with van der Waals surface area (Å²) in [7, 11) is -7.33. The molecule has 0 bridgehead atoms. The van der Waals surface area contributed by atoms with E-state index in [2.05, 4.69) is 33.9 Å². The van der Waals surface area contributed by atoms with Crippen LogP contribution in [0.4, 0.5) is 0 Å². The monoisotopic (exact) mass is 840 g/mol. The van der Waals surface area contributed by atoms with Crippen LogP contribution in [0.25, 0.3) is 0 Å². The summed E-state index contributed by atoms with van der Waals surface area (Å²) in [4.78, 5) is 0.307. The first-order chi connectivity index (χ1) is 26.6. The fraction of sp³-hybridized carbons (Fsp3) is 0.778. The Bertz CT molecular complexity index is 1600. The lowest BCUT2D eigenvalue weighted by molar-refractivity contribution is -0.186. The van der Waals surface area contributed by atoms with E-state index in [9.17, 15) is 21.9 Å². The number of sulfone groups is 1. The molecule has 0 aliphatic carbocycles. The van der Waals surface area contributed by atoms with Crippen molar-refractivity contribution in [2.24, 2.45) is 23.7 Å². The molecule has 0 unspecified atom stereocenters. The lowest BCUT2D eigenvalue weighted by Crippen LogP contribution is -2.31. The summed E-state index contributed by atoms with van der Waals surface area (Å²) in [5.41, 5.74) is 2.68. The molecule has 1 aromatic rings. The predicted molar refractivity (Wildman–Crippen MR) is 228 cm³/mol. The van der Waals surface area contributed by atoms with E-state index >= 15 is 0 Å². The molecule has 0 spiro atoms. The molecule has 2 heterocycles. The van der Waals surface area contributed by atoms with Crippen molar-refractivity contribution in [2.45, 2.75) is 193 Å². The van der Waals surface area contributed by atoms with Crippen LogP contribution in [-0.2, 0) is 49.5 Å². The first-order valence-electron chi connectivity index (χ1n) is 21.5. The molecule has 57 heavy (non-hydrogen) atoms. The molecule has 0 saturated carbocycles. The molecule has 3 rings (SSSR count). The Balaban J connectivity index is 1.62. The van der Waals surface area contributed by atoms with E-state index in [1.54, 1.807) is 12.1 Å². The van der Waals surface area contributed by atoms with Gasteiger partial charge in [-0.3, -0.25) is 4.18 Å². The second kappa shape index (κ2) is 22.8. The van der Waals surface area contributed by atoms with Crippen molar-refractivity contribution >= 4 is 20.0 Å². The molecule has 0 aromatic heterocycles. The van der Waals surface area contributed by atoms with Crippen LogP contribution in [0.2, 0.25) is 0 Å². The number of aryl methyl sites for hydroxylation is 1. The van der Waals surface area contributed by atoms with E-state index in [1.165, 1.54) is 0 Å². The van der Waals surface area contributed by atoms with Crippen molar-refractivity contribution in [2.75, 3.05) is 12.0 Å². The Labute approximate surface area is 346 Å². The number of hydrogen-bond acceptors (Lipinski definition) is 10. The van der Waals surface area contributed by atoms with E-state index in [-0.39, 0.29) is 66.7 Å². The van der Waals surface area contributed by atoms with Gasteiger partial charge in [-0.05, 0) is 126 Å². The second-order valence-electron chi connectivity index (χ2n) is 17.7. The van der Waals surface area contributed by atoms with Crippen LogP contribution in [-0.4, -0.2) is 89.1 Å². The van der Waals surface area contributed by atoms with Crippen LogP contribution >= 0.6 is 0 Å². The molecule has 1 aromatic carbocycles. The SMILES string of the molecule is C=C(C[C@H](C)C[C@@H](CC[C@@H]1O[C@@H](CCC(OC(C)C)OC(C)C)CC1=C)OS(C)(=O)=O)[C@H](O)C[C@@H]1O[C@H](C[C@H](C)CC)[C@H](C)[C@H]1CS(=O)(=O)c1ccc(CC)cc1.